The Morgan fingerprint density at radius 2 is 2.00 bits per heavy atom. The van der Waals surface area contributed by atoms with E-state index in [1.165, 1.54) is 5.56 Å². The fourth-order valence-corrected chi connectivity index (χ4v) is 3.68. The first kappa shape index (κ1) is 17.6. The van der Waals surface area contributed by atoms with Crippen LogP contribution in [0.4, 0.5) is 4.79 Å². The van der Waals surface area contributed by atoms with Crippen LogP contribution in [0.25, 0.3) is 0 Å². The van der Waals surface area contributed by atoms with Gasteiger partial charge in [-0.2, -0.15) is 0 Å². The van der Waals surface area contributed by atoms with E-state index in [0.717, 1.165) is 24.3 Å². The highest BCUT2D eigenvalue weighted by Gasteiger charge is 2.38. The Hall–Kier alpha value is -2.24. The number of amides is 3. The molecule has 2 aliphatic heterocycles. The van der Waals surface area contributed by atoms with E-state index in [9.17, 15) is 9.59 Å². The quantitative estimate of drug-likeness (QED) is 0.821. The van der Waals surface area contributed by atoms with Crippen LogP contribution >= 0.6 is 0 Å². The van der Waals surface area contributed by atoms with Crippen molar-refractivity contribution in [2.45, 2.75) is 32.2 Å². The summed E-state index contributed by atoms with van der Waals surface area (Å²) < 4.78 is 5.52. The minimum Gasteiger partial charge on any atom is -0.493 e. The fourth-order valence-electron chi connectivity index (χ4n) is 3.68. The topological polar surface area (TPSA) is 53.1 Å². The molecule has 1 aromatic rings. The van der Waals surface area contributed by atoms with Gasteiger partial charge in [-0.3, -0.25) is 4.79 Å². The van der Waals surface area contributed by atoms with Gasteiger partial charge in [0.25, 0.3) is 0 Å². The van der Waals surface area contributed by atoms with E-state index in [1.54, 1.807) is 19.0 Å². The fraction of sp³-hybridized carbons (Fsp3) is 0.579. The Kier molecular flexibility index (Phi) is 4.62. The predicted molar refractivity (Wildman–Crippen MR) is 95.8 cm³/mol. The van der Waals surface area contributed by atoms with E-state index < -0.39 is 0 Å². The highest BCUT2D eigenvalue weighted by atomic mass is 16.5. The maximum atomic E-state index is 12.9. The highest BCUT2D eigenvalue weighted by Crippen LogP contribution is 2.27. The number of benzene rings is 1. The molecule has 0 unspecified atom stereocenters. The van der Waals surface area contributed by atoms with E-state index in [0.29, 0.717) is 26.1 Å². The molecular weight excluding hydrogens is 318 g/mol. The van der Waals surface area contributed by atoms with Crippen LogP contribution in [-0.4, -0.2) is 72.5 Å². The molecule has 0 radical (unpaired) electrons. The molecule has 6 heteroatoms. The number of urea groups is 1. The summed E-state index contributed by atoms with van der Waals surface area (Å²) >= 11 is 0. The van der Waals surface area contributed by atoms with Crippen LogP contribution in [0, 0.1) is 0 Å². The number of rotatable bonds is 2. The number of nitrogens with zero attached hydrogens (tertiary/aromatic N) is 3. The summed E-state index contributed by atoms with van der Waals surface area (Å²) in [7, 11) is 3.51. The number of piperazine rings is 1. The third-order valence-electron chi connectivity index (χ3n) is 4.97. The molecular formula is C19H27N3O3. The van der Waals surface area contributed by atoms with Gasteiger partial charge in [-0.1, -0.05) is 12.1 Å². The molecule has 0 aromatic heterocycles. The minimum absolute atomic E-state index is 0.00111. The zero-order valence-electron chi connectivity index (χ0n) is 15.5. The van der Waals surface area contributed by atoms with Gasteiger partial charge in [0.15, 0.2) is 0 Å². The van der Waals surface area contributed by atoms with Crippen LogP contribution in [0.3, 0.4) is 0 Å². The third kappa shape index (κ3) is 3.57. The van der Waals surface area contributed by atoms with Crippen LogP contribution < -0.4 is 4.74 Å². The normalized spacial score (nSPS) is 18.6. The van der Waals surface area contributed by atoms with Crippen molar-refractivity contribution in [3.63, 3.8) is 0 Å². The Labute approximate surface area is 149 Å². The molecule has 1 fully saturated rings. The second-order valence-electron chi connectivity index (χ2n) is 7.67. The van der Waals surface area contributed by atoms with Crippen molar-refractivity contribution in [1.82, 2.24) is 14.7 Å². The average molecular weight is 345 g/mol. The lowest BCUT2D eigenvalue weighted by atomic mass is 9.97. The van der Waals surface area contributed by atoms with E-state index in [1.807, 2.05) is 35.8 Å². The third-order valence-corrected chi connectivity index (χ3v) is 4.97. The first-order valence-electron chi connectivity index (χ1n) is 8.79. The van der Waals surface area contributed by atoms with Gasteiger partial charge in [0.05, 0.1) is 18.6 Å². The number of carbonyl (C=O) groups excluding carboxylic acids is 2. The molecule has 1 saturated heterocycles. The highest BCUT2D eigenvalue weighted by molar-refractivity contribution is 5.80. The maximum Gasteiger partial charge on any atom is 0.319 e. The number of hydrogen-bond donors (Lipinski definition) is 0. The first-order valence-corrected chi connectivity index (χ1v) is 8.79. The molecule has 0 spiro atoms. The number of carbonyl (C=O) groups is 2. The molecule has 2 heterocycles. The Morgan fingerprint density at radius 3 is 2.68 bits per heavy atom. The van der Waals surface area contributed by atoms with Crippen molar-refractivity contribution >= 4 is 11.9 Å². The standard InChI is InChI=1S/C19H27N3O3/c1-19(2)13-21(18(24)20(3)4)8-9-22(19)17(23)12-14-5-6-16-15(11-14)7-10-25-16/h5-6,11H,7-10,12-13H2,1-4H3. The van der Waals surface area contributed by atoms with Crippen molar-refractivity contribution in [2.24, 2.45) is 0 Å². The van der Waals surface area contributed by atoms with E-state index in [2.05, 4.69) is 6.07 Å². The van der Waals surface area contributed by atoms with Gasteiger partial charge in [-0.05, 0) is 31.0 Å². The predicted octanol–water partition coefficient (Wildman–Crippen LogP) is 1.77. The van der Waals surface area contributed by atoms with E-state index >= 15 is 0 Å². The summed E-state index contributed by atoms with van der Waals surface area (Å²) in [6.07, 6.45) is 1.30. The molecule has 3 rings (SSSR count). The first-order chi connectivity index (χ1) is 11.8. The van der Waals surface area contributed by atoms with Crippen LogP contribution in [0.2, 0.25) is 0 Å². The van der Waals surface area contributed by atoms with Crippen molar-refractivity contribution in [3.05, 3.63) is 29.3 Å². The SMILES string of the molecule is CN(C)C(=O)N1CCN(C(=O)Cc2ccc3c(c2)CCO3)C(C)(C)C1. The lowest BCUT2D eigenvalue weighted by Gasteiger charge is -2.47. The molecule has 2 aliphatic rings. The van der Waals surface area contributed by atoms with Crippen LogP contribution in [-0.2, 0) is 17.6 Å². The summed E-state index contributed by atoms with van der Waals surface area (Å²) in [5.74, 6) is 1.05. The van der Waals surface area contributed by atoms with Gasteiger partial charge in [-0.15, -0.1) is 0 Å². The number of fused-ring (bicyclic) bond motifs is 1. The van der Waals surface area contributed by atoms with Gasteiger partial charge in [0.1, 0.15) is 5.75 Å². The summed E-state index contributed by atoms with van der Waals surface area (Å²) in [5.41, 5.74) is 1.84. The van der Waals surface area contributed by atoms with Gasteiger partial charge in [0.2, 0.25) is 5.91 Å². The second-order valence-corrected chi connectivity index (χ2v) is 7.67. The maximum absolute atomic E-state index is 12.9. The summed E-state index contributed by atoms with van der Waals surface area (Å²) in [6.45, 7) is 6.46. The molecule has 0 bridgehead atoms. The van der Waals surface area contributed by atoms with Crippen molar-refractivity contribution in [2.75, 3.05) is 40.3 Å². The lowest BCUT2D eigenvalue weighted by molar-refractivity contribution is -0.139. The Balaban J connectivity index is 1.67. The van der Waals surface area contributed by atoms with Crippen molar-refractivity contribution < 1.29 is 14.3 Å². The molecule has 6 nitrogen and oxygen atoms in total. The molecule has 0 saturated carbocycles. The van der Waals surface area contributed by atoms with Crippen LogP contribution in [0.5, 0.6) is 5.75 Å². The molecule has 25 heavy (non-hydrogen) atoms. The zero-order chi connectivity index (χ0) is 18.2. The second kappa shape index (κ2) is 6.58. The smallest absolute Gasteiger partial charge is 0.319 e. The van der Waals surface area contributed by atoms with Gasteiger partial charge in [0, 0.05) is 40.2 Å². The monoisotopic (exact) mass is 345 g/mol. The number of hydrogen-bond acceptors (Lipinski definition) is 3. The lowest BCUT2D eigenvalue weighted by Crippen LogP contribution is -2.63. The molecule has 136 valence electrons. The minimum atomic E-state index is -0.374. The van der Waals surface area contributed by atoms with E-state index in [-0.39, 0.29) is 17.5 Å². The largest absolute Gasteiger partial charge is 0.493 e. The molecule has 1 aromatic carbocycles. The summed E-state index contributed by atoms with van der Waals surface area (Å²) in [6, 6.07) is 6.02. The molecule has 0 N–H and O–H groups in total. The van der Waals surface area contributed by atoms with E-state index in [4.69, 9.17) is 4.74 Å². The summed E-state index contributed by atoms with van der Waals surface area (Å²) in [4.78, 5) is 30.4. The van der Waals surface area contributed by atoms with Crippen LogP contribution in [0.1, 0.15) is 25.0 Å². The van der Waals surface area contributed by atoms with Crippen molar-refractivity contribution in [1.29, 1.82) is 0 Å². The van der Waals surface area contributed by atoms with Crippen molar-refractivity contribution in [3.8, 4) is 5.75 Å². The van der Waals surface area contributed by atoms with Gasteiger partial charge in [-0.25, -0.2) is 4.79 Å². The summed E-state index contributed by atoms with van der Waals surface area (Å²) in [5, 5.41) is 0. The Morgan fingerprint density at radius 1 is 1.24 bits per heavy atom. The Bertz CT molecular complexity index is 684. The van der Waals surface area contributed by atoms with Crippen LogP contribution in [0.15, 0.2) is 18.2 Å². The molecule has 0 aliphatic carbocycles. The number of ether oxygens (including phenoxy) is 1. The zero-order valence-corrected chi connectivity index (χ0v) is 15.5. The molecule has 0 atom stereocenters. The molecule has 3 amide bonds. The van der Waals surface area contributed by atoms with Gasteiger partial charge < -0.3 is 19.4 Å². The van der Waals surface area contributed by atoms with Gasteiger partial charge >= 0.3 is 6.03 Å². The average Bonchev–Trinajstić information content (AvgIpc) is 3.00.